The first kappa shape index (κ1) is 22.9. The predicted octanol–water partition coefficient (Wildman–Crippen LogP) is 6.01. The molecule has 34 heavy (non-hydrogen) atoms. The summed E-state index contributed by atoms with van der Waals surface area (Å²) in [5.41, 5.74) is 3.30. The molecule has 0 spiro atoms. The molecule has 0 saturated carbocycles. The Morgan fingerprint density at radius 2 is 1.41 bits per heavy atom. The number of fused-ring (bicyclic) bond motifs is 1. The largest absolute Gasteiger partial charge is 0.368 e. The van der Waals surface area contributed by atoms with E-state index in [1.807, 2.05) is 36.4 Å². The van der Waals surface area contributed by atoms with E-state index in [1.54, 1.807) is 0 Å². The van der Waals surface area contributed by atoms with Crippen LogP contribution in [0.25, 0.3) is 0 Å². The number of hydrogen-bond acceptors (Lipinski definition) is 6. The fraction of sp³-hybridized carbons (Fsp3) is 0.346. The monoisotopic (exact) mass is 495 g/mol. The van der Waals surface area contributed by atoms with Crippen molar-refractivity contribution in [3.05, 3.63) is 69.8 Å². The molecule has 1 aliphatic carbocycles. The van der Waals surface area contributed by atoms with Gasteiger partial charge in [-0.25, -0.2) is 4.98 Å². The van der Waals surface area contributed by atoms with Crippen molar-refractivity contribution >= 4 is 52.1 Å². The second kappa shape index (κ2) is 9.08. The van der Waals surface area contributed by atoms with E-state index < -0.39 is 0 Å². The van der Waals surface area contributed by atoms with Gasteiger partial charge in [-0.1, -0.05) is 37.0 Å². The summed E-state index contributed by atoms with van der Waals surface area (Å²) in [5, 5.41) is 4.75. The third-order valence-corrected chi connectivity index (χ3v) is 6.90. The van der Waals surface area contributed by atoms with Crippen molar-refractivity contribution in [3.8, 4) is 0 Å². The number of carbonyl (C=O) groups is 1. The van der Waals surface area contributed by atoms with Crippen molar-refractivity contribution < 1.29 is 4.79 Å². The van der Waals surface area contributed by atoms with E-state index in [-0.39, 0.29) is 11.2 Å². The number of benzene rings is 2. The maximum absolute atomic E-state index is 13.1. The number of hydrogen-bond donors (Lipinski definition) is 1. The van der Waals surface area contributed by atoms with E-state index in [4.69, 9.17) is 33.2 Å². The van der Waals surface area contributed by atoms with Gasteiger partial charge in [-0.15, -0.1) is 0 Å². The van der Waals surface area contributed by atoms with E-state index in [2.05, 4.69) is 41.1 Å². The average Bonchev–Trinajstić information content (AvgIpc) is 2.80. The van der Waals surface area contributed by atoms with Crippen LogP contribution in [0.2, 0.25) is 10.0 Å². The summed E-state index contributed by atoms with van der Waals surface area (Å²) in [5.74, 6) is 1.32. The van der Waals surface area contributed by atoms with Crippen LogP contribution in [-0.2, 0) is 6.42 Å². The number of Topliss-reactive ketones (excluding diaryl/α,β-unsaturated/α-hetero) is 1. The van der Waals surface area contributed by atoms with Crippen molar-refractivity contribution in [1.29, 1.82) is 0 Å². The van der Waals surface area contributed by atoms with Gasteiger partial charge in [0.15, 0.2) is 5.78 Å². The molecule has 0 radical (unpaired) electrons. The summed E-state index contributed by atoms with van der Waals surface area (Å²) >= 11 is 12.1. The molecule has 0 unspecified atom stereocenters. The molecule has 1 aromatic heterocycles. The lowest BCUT2D eigenvalue weighted by atomic mass is 9.75. The number of rotatable bonds is 4. The van der Waals surface area contributed by atoms with Gasteiger partial charge in [0.2, 0.25) is 5.95 Å². The fourth-order valence-corrected chi connectivity index (χ4v) is 4.92. The quantitative estimate of drug-likeness (QED) is 0.478. The SMILES string of the molecule is CC1(C)CC(=O)c2c(nc(N3CCN(c4ccc(Cl)cc4)CC3)nc2Nc2ccc(Cl)cc2)C1. The number of nitrogens with zero attached hydrogens (tertiary/aromatic N) is 4. The van der Waals surface area contributed by atoms with Gasteiger partial charge in [0.25, 0.3) is 0 Å². The molecule has 6 nitrogen and oxygen atoms in total. The highest BCUT2D eigenvalue weighted by Gasteiger charge is 2.35. The third-order valence-electron chi connectivity index (χ3n) is 6.40. The standard InChI is InChI=1S/C26H27Cl2N5O/c1-26(2)15-21-23(22(34)16-26)24(29-19-7-3-17(27)4-8-19)31-25(30-21)33-13-11-32(12-14-33)20-9-5-18(28)6-10-20/h3-10H,11-16H2,1-2H3,(H,29,30,31). The number of carbonyl (C=O) groups excluding carboxylic acids is 1. The Bertz CT molecular complexity index is 1200. The molecule has 0 amide bonds. The van der Waals surface area contributed by atoms with Crippen LogP contribution in [0.15, 0.2) is 48.5 Å². The number of nitrogens with one attached hydrogen (secondary N) is 1. The van der Waals surface area contributed by atoms with Gasteiger partial charge in [-0.3, -0.25) is 4.79 Å². The van der Waals surface area contributed by atoms with Crippen LogP contribution in [0.4, 0.5) is 23.1 Å². The van der Waals surface area contributed by atoms with Gasteiger partial charge in [-0.05, 0) is 60.4 Å². The fourth-order valence-electron chi connectivity index (χ4n) is 4.67. The summed E-state index contributed by atoms with van der Waals surface area (Å²) < 4.78 is 0. The summed E-state index contributed by atoms with van der Waals surface area (Å²) in [4.78, 5) is 27.4. The van der Waals surface area contributed by atoms with Crippen LogP contribution in [0.3, 0.4) is 0 Å². The average molecular weight is 496 g/mol. The number of halogens is 2. The van der Waals surface area contributed by atoms with Gasteiger partial charge >= 0.3 is 0 Å². The molecule has 2 aliphatic rings. The van der Waals surface area contributed by atoms with E-state index in [9.17, 15) is 4.79 Å². The molecule has 5 rings (SSSR count). The van der Waals surface area contributed by atoms with Crippen LogP contribution in [0.5, 0.6) is 0 Å². The Morgan fingerprint density at radius 3 is 2.06 bits per heavy atom. The van der Waals surface area contributed by atoms with E-state index in [0.29, 0.717) is 28.8 Å². The van der Waals surface area contributed by atoms with Gasteiger partial charge in [0.05, 0.1) is 11.3 Å². The summed E-state index contributed by atoms with van der Waals surface area (Å²) in [6.45, 7) is 7.52. The molecule has 0 atom stereocenters. The zero-order chi connectivity index (χ0) is 23.9. The highest BCUT2D eigenvalue weighted by molar-refractivity contribution is 6.30. The second-order valence-electron chi connectivity index (χ2n) is 9.72. The first-order valence-electron chi connectivity index (χ1n) is 11.5. The first-order chi connectivity index (χ1) is 16.3. The zero-order valence-corrected chi connectivity index (χ0v) is 20.8. The van der Waals surface area contributed by atoms with E-state index in [0.717, 1.165) is 54.7 Å². The Balaban J connectivity index is 1.44. The molecular formula is C26H27Cl2N5O. The Hall–Kier alpha value is -2.83. The minimum atomic E-state index is -0.124. The van der Waals surface area contributed by atoms with Crippen molar-refractivity contribution in [2.45, 2.75) is 26.7 Å². The lowest BCUT2D eigenvalue weighted by Crippen LogP contribution is -2.47. The molecule has 3 aromatic rings. The van der Waals surface area contributed by atoms with Crippen LogP contribution < -0.4 is 15.1 Å². The van der Waals surface area contributed by atoms with E-state index in [1.165, 1.54) is 0 Å². The molecule has 2 aromatic carbocycles. The number of aromatic nitrogens is 2. The Labute approximate surface area is 209 Å². The molecule has 2 heterocycles. The molecule has 1 aliphatic heterocycles. The second-order valence-corrected chi connectivity index (χ2v) is 10.6. The highest BCUT2D eigenvalue weighted by atomic mass is 35.5. The number of piperazine rings is 1. The number of ketones is 1. The minimum Gasteiger partial charge on any atom is -0.368 e. The smallest absolute Gasteiger partial charge is 0.227 e. The Kier molecular flexibility index (Phi) is 6.13. The van der Waals surface area contributed by atoms with Crippen LogP contribution in [-0.4, -0.2) is 41.9 Å². The number of anilines is 4. The van der Waals surface area contributed by atoms with Gasteiger partial charge < -0.3 is 15.1 Å². The van der Waals surface area contributed by atoms with Crippen LogP contribution in [0.1, 0.15) is 36.3 Å². The summed E-state index contributed by atoms with van der Waals surface area (Å²) in [7, 11) is 0. The summed E-state index contributed by atoms with van der Waals surface area (Å²) in [6, 6.07) is 15.4. The zero-order valence-electron chi connectivity index (χ0n) is 19.3. The van der Waals surface area contributed by atoms with Crippen molar-refractivity contribution in [2.75, 3.05) is 41.3 Å². The summed E-state index contributed by atoms with van der Waals surface area (Å²) in [6.07, 6.45) is 1.22. The molecule has 0 bridgehead atoms. The van der Waals surface area contributed by atoms with Gasteiger partial charge in [0.1, 0.15) is 5.82 Å². The maximum Gasteiger partial charge on any atom is 0.227 e. The van der Waals surface area contributed by atoms with Crippen LogP contribution in [0, 0.1) is 5.41 Å². The first-order valence-corrected chi connectivity index (χ1v) is 12.3. The lowest BCUT2D eigenvalue weighted by molar-refractivity contribution is 0.0911. The maximum atomic E-state index is 13.1. The normalized spacial score (nSPS) is 17.5. The molecule has 1 fully saturated rings. The third kappa shape index (κ3) is 4.84. The predicted molar refractivity (Wildman–Crippen MR) is 139 cm³/mol. The van der Waals surface area contributed by atoms with Crippen molar-refractivity contribution in [2.24, 2.45) is 5.41 Å². The van der Waals surface area contributed by atoms with Crippen LogP contribution >= 0.6 is 23.2 Å². The van der Waals surface area contributed by atoms with Crippen molar-refractivity contribution in [1.82, 2.24) is 9.97 Å². The minimum absolute atomic E-state index is 0.0850. The van der Waals surface area contributed by atoms with E-state index >= 15 is 0 Å². The van der Waals surface area contributed by atoms with Gasteiger partial charge in [0, 0.05) is 54.0 Å². The Morgan fingerprint density at radius 1 is 0.824 bits per heavy atom. The highest BCUT2D eigenvalue weighted by Crippen LogP contribution is 2.38. The van der Waals surface area contributed by atoms with Crippen molar-refractivity contribution in [3.63, 3.8) is 0 Å². The van der Waals surface area contributed by atoms with Gasteiger partial charge in [-0.2, -0.15) is 4.98 Å². The molecule has 8 heteroatoms. The topological polar surface area (TPSA) is 61.4 Å². The molecule has 176 valence electrons. The molecule has 1 N–H and O–H groups in total. The lowest BCUT2D eigenvalue weighted by Gasteiger charge is -2.37. The molecule has 1 saturated heterocycles. The molecular weight excluding hydrogens is 469 g/mol.